The molecule has 1 rings (SSSR count). The fourth-order valence-corrected chi connectivity index (χ4v) is 2.63. The third-order valence-electron chi connectivity index (χ3n) is 4.14. The summed E-state index contributed by atoms with van der Waals surface area (Å²) in [4.78, 5) is 51.2. The first kappa shape index (κ1) is 24.1. The minimum Gasteiger partial charge on any atom is -0.450 e. The summed E-state index contributed by atoms with van der Waals surface area (Å²) in [5.41, 5.74) is 0.993. The molecule has 2 N–H and O–H groups in total. The molecule has 1 aromatic rings. The molecular formula is C20H30N4O5. The van der Waals surface area contributed by atoms with Crippen LogP contribution in [0, 0.1) is 0 Å². The van der Waals surface area contributed by atoms with Crippen LogP contribution in [0.3, 0.4) is 0 Å². The fraction of sp³-hybridized carbons (Fsp3) is 0.500. The Labute approximate surface area is 171 Å². The van der Waals surface area contributed by atoms with Gasteiger partial charge in [-0.1, -0.05) is 13.0 Å². The van der Waals surface area contributed by atoms with Gasteiger partial charge >= 0.3 is 6.09 Å². The van der Waals surface area contributed by atoms with Gasteiger partial charge in [-0.3, -0.25) is 24.6 Å². The predicted octanol–water partition coefficient (Wildman–Crippen LogP) is 1.70. The Morgan fingerprint density at radius 2 is 1.59 bits per heavy atom. The number of ether oxygens (including phenoxy) is 1. The second-order valence-electron chi connectivity index (χ2n) is 6.18. The normalized spacial score (nSPS) is 10.4. The molecular weight excluding hydrogens is 376 g/mol. The number of carbonyl (C=O) groups excluding carboxylic acids is 4. The standard InChI is InChI=1S/C20H30N4O5/c1-5-23(14-18(26)22-20(28)29-8-4)13-17(25)21-16-11-9-10-15(12-16)19(27)24(6-2)7-3/h9-12H,5-8,13-14H2,1-4H3,(H,21,25)(H,22,26,28). The number of benzene rings is 1. The molecule has 1 aromatic carbocycles. The highest BCUT2D eigenvalue weighted by Crippen LogP contribution is 2.13. The lowest BCUT2D eigenvalue weighted by atomic mass is 10.1. The van der Waals surface area contributed by atoms with E-state index in [0.717, 1.165) is 0 Å². The van der Waals surface area contributed by atoms with Gasteiger partial charge in [-0.25, -0.2) is 4.79 Å². The molecule has 0 atom stereocenters. The van der Waals surface area contributed by atoms with E-state index in [-0.39, 0.29) is 31.5 Å². The zero-order valence-corrected chi connectivity index (χ0v) is 17.5. The Hall–Kier alpha value is -2.94. The number of likely N-dealkylation sites (N-methyl/N-ethyl adjacent to an activating group) is 1. The first-order valence-corrected chi connectivity index (χ1v) is 9.72. The Kier molecular flexibility index (Phi) is 10.4. The minimum absolute atomic E-state index is 0.0407. The maximum atomic E-state index is 12.4. The number of carbonyl (C=O) groups is 4. The molecule has 0 aliphatic heterocycles. The van der Waals surface area contributed by atoms with Crippen molar-refractivity contribution in [3.63, 3.8) is 0 Å². The summed E-state index contributed by atoms with van der Waals surface area (Å²) in [5.74, 6) is -0.981. The largest absolute Gasteiger partial charge is 0.450 e. The van der Waals surface area contributed by atoms with Gasteiger partial charge < -0.3 is 15.0 Å². The highest BCUT2D eigenvalue weighted by Gasteiger charge is 2.17. The lowest BCUT2D eigenvalue weighted by Crippen LogP contribution is -2.43. The van der Waals surface area contributed by atoms with Crippen molar-refractivity contribution >= 4 is 29.5 Å². The summed E-state index contributed by atoms with van der Waals surface area (Å²) >= 11 is 0. The van der Waals surface area contributed by atoms with Crippen molar-refractivity contribution in [1.82, 2.24) is 15.1 Å². The second kappa shape index (κ2) is 12.5. The van der Waals surface area contributed by atoms with Crippen LogP contribution in [0.25, 0.3) is 0 Å². The van der Waals surface area contributed by atoms with Crippen molar-refractivity contribution in [3.8, 4) is 0 Å². The SMILES string of the molecule is CCOC(=O)NC(=O)CN(CC)CC(=O)Nc1cccc(C(=O)N(CC)CC)c1. The maximum absolute atomic E-state index is 12.4. The molecule has 0 radical (unpaired) electrons. The first-order chi connectivity index (χ1) is 13.8. The van der Waals surface area contributed by atoms with Gasteiger partial charge in [0.25, 0.3) is 5.91 Å². The zero-order valence-electron chi connectivity index (χ0n) is 17.5. The zero-order chi connectivity index (χ0) is 21.8. The number of anilines is 1. The van der Waals surface area contributed by atoms with Crippen LogP contribution in [0.1, 0.15) is 38.1 Å². The van der Waals surface area contributed by atoms with Gasteiger partial charge in [0.1, 0.15) is 0 Å². The van der Waals surface area contributed by atoms with Crippen LogP contribution in [0.2, 0.25) is 0 Å². The number of nitrogens with one attached hydrogen (secondary N) is 2. The molecule has 0 aliphatic rings. The predicted molar refractivity (Wildman–Crippen MR) is 110 cm³/mol. The number of rotatable bonds is 10. The van der Waals surface area contributed by atoms with Gasteiger partial charge in [0, 0.05) is 24.3 Å². The third-order valence-corrected chi connectivity index (χ3v) is 4.14. The van der Waals surface area contributed by atoms with Crippen molar-refractivity contribution in [2.75, 3.05) is 44.6 Å². The molecule has 160 valence electrons. The van der Waals surface area contributed by atoms with Gasteiger partial charge in [0.2, 0.25) is 11.8 Å². The molecule has 0 fully saturated rings. The van der Waals surface area contributed by atoms with Crippen molar-refractivity contribution < 1.29 is 23.9 Å². The van der Waals surface area contributed by atoms with Crippen molar-refractivity contribution in [2.24, 2.45) is 0 Å². The monoisotopic (exact) mass is 406 g/mol. The molecule has 9 heteroatoms. The van der Waals surface area contributed by atoms with E-state index in [1.807, 2.05) is 13.8 Å². The van der Waals surface area contributed by atoms with Gasteiger partial charge in [-0.15, -0.1) is 0 Å². The minimum atomic E-state index is -0.812. The van der Waals surface area contributed by atoms with Gasteiger partial charge in [0.15, 0.2) is 0 Å². The molecule has 0 spiro atoms. The van der Waals surface area contributed by atoms with Gasteiger partial charge in [-0.05, 0) is 45.5 Å². The molecule has 0 bridgehead atoms. The van der Waals surface area contributed by atoms with Gasteiger partial charge in [0.05, 0.1) is 19.7 Å². The third kappa shape index (κ3) is 8.30. The Balaban J connectivity index is 2.66. The van der Waals surface area contributed by atoms with Crippen LogP contribution in [0.4, 0.5) is 10.5 Å². The molecule has 9 nitrogen and oxygen atoms in total. The Morgan fingerprint density at radius 1 is 0.931 bits per heavy atom. The topological polar surface area (TPSA) is 108 Å². The Bertz CT molecular complexity index is 719. The smallest absolute Gasteiger partial charge is 0.413 e. The molecule has 0 heterocycles. The molecule has 0 unspecified atom stereocenters. The summed E-state index contributed by atoms with van der Waals surface area (Å²) in [6, 6.07) is 6.73. The van der Waals surface area contributed by atoms with Crippen molar-refractivity contribution in [1.29, 1.82) is 0 Å². The van der Waals surface area contributed by atoms with E-state index >= 15 is 0 Å². The van der Waals surface area contributed by atoms with E-state index < -0.39 is 12.0 Å². The van der Waals surface area contributed by atoms with E-state index in [1.54, 1.807) is 47.9 Å². The van der Waals surface area contributed by atoms with Crippen LogP contribution in [-0.4, -0.2) is 72.9 Å². The first-order valence-electron chi connectivity index (χ1n) is 9.72. The summed E-state index contributed by atoms with van der Waals surface area (Å²) in [6.45, 7) is 8.89. The van der Waals surface area contributed by atoms with E-state index in [0.29, 0.717) is 30.9 Å². The molecule has 0 aromatic heterocycles. The summed E-state index contributed by atoms with van der Waals surface area (Å²) in [6.07, 6.45) is -0.812. The van der Waals surface area contributed by atoms with Crippen LogP contribution in [-0.2, 0) is 14.3 Å². The fourth-order valence-electron chi connectivity index (χ4n) is 2.63. The molecule has 4 amide bonds. The van der Waals surface area contributed by atoms with E-state index in [9.17, 15) is 19.2 Å². The molecule has 29 heavy (non-hydrogen) atoms. The highest BCUT2D eigenvalue weighted by molar-refractivity contribution is 5.98. The van der Waals surface area contributed by atoms with E-state index in [2.05, 4.69) is 15.4 Å². The van der Waals surface area contributed by atoms with Crippen LogP contribution in [0.5, 0.6) is 0 Å². The van der Waals surface area contributed by atoms with Gasteiger partial charge in [-0.2, -0.15) is 0 Å². The molecule has 0 saturated heterocycles. The van der Waals surface area contributed by atoms with Crippen molar-refractivity contribution in [2.45, 2.75) is 27.7 Å². The number of alkyl carbamates (subject to hydrolysis) is 1. The number of nitrogens with zero attached hydrogens (tertiary/aromatic N) is 2. The second-order valence-corrected chi connectivity index (χ2v) is 6.18. The lowest BCUT2D eigenvalue weighted by Gasteiger charge is -2.20. The number of imide groups is 1. The van der Waals surface area contributed by atoms with Crippen LogP contribution >= 0.6 is 0 Å². The number of amides is 4. The number of hydrogen-bond acceptors (Lipinski definition) is 6. The van der Waals surface area contributed by atoms with Crippen LogP contribution in [0.15, 0.2) is 24.3 Å². The molecule has 0 aliphatic carbocycles. The van der Waals surface area contributed by atoms with Crippen molar-refractivity contribution in [3.05, 3.63) is 29.8 Å². The Morgan fingerprint density at radius 3 is 2.17 bits per heavy atom. The maximum Gasteiger partial charge on any atom is 0.413 e. The number of hydrogen-bond donors (Lipinski definition) is 2. The van der Waals surface area contributed by atoms with Crippen LogP contribution < -0.4 is 10.6 Å². The lowest BCUT2D eigenvalue weighted by molar-refractivity contribution is -0.122. The van der Waals surface area contributed by atoms with E-state index in [1.165, 1.54) is 0 Å². The molecule has 0 saturated carbocycles. The quantitative estimate of drug-likeness (QED) is 0.612. The average Bonchev–Trinajstić information content (AvgIpc) is 2.68. The summed E-state index contributed by atoms with van der Waals surface area (Å²) in [7, 11) is 0. The summed E-state index contributed by atoms with van der Waals surface area (Å²) < 4.78 is 4.65. The highest BCUT2D eigenvalue weighted by atomic mass is 16.5. The average molecular weight is 406 g/mol. The summed E-state index contributed by atoms with van der Waals surface area (Å²) in [5, 5.41) is 4.83. The van der Waals surface area contributed by atoms with E-state index in [4.69, 9.17) is 0 Å².